The van der Waals surface area contributed by atoms with E-state index in [2.05, 4.69) is 41.1 Å². The maximum atomic E-state index is 13.5. The largest absolute Gasteiger partial charge is 0.458 e. The summed E-state index contributed by atoms with van der Waals surface area (Å²) in [6, 6.07) is 17.7. The summed E-state index contributed by atoms with van der Waals surface area (Å²) < 4.78 is 40.7. The van der Waals surface area contributed by atoms with Crippen molar-refractivity contribution in [3.63, 3.8) is 0 Å². The van der Waals surface area contributed by atoms with Crippen LogP contribution in [0.4, 0.5) is 4.39 Å². The van der Waals surface area contributed by atoms with Crippen LogP contribution in [0.3, 0.4) is 0 Å². The van der Waals surface area contributed by atoms with Crippen molar-refractivity contribution < 1.29 is 82.9 Å². The van der Waals surface area contributed by atoms with Gasteiger partial charge < -0.3 is 48.9 Å². The van der Waals surface area contributed by atoms with Gasteiger partial charge >= 0.3 is 23.9 Å². The number of carbonyl (C=O) groups is 10. The number of cyclic esters (lactones) is 2. The van der Waals surface area contributed by atoms with E-state index in [1.165, 1.54) is 39.8 Å². The van der Waals surface area contributed by atoms with Crippen molar-refractivity contribution in [1.29, 1.82) is 0 Å². The molecule has 4 unspecified atom stereocenters. The Kier molecular flexibility index (Phi) is 31.9. The number of pyridine rings is 4. The molecule has 6 amide bonds. The Morgan fingerprint density at radius 3 is 1.34 bits per heavy atom. The molecule has 6 atom stereocenters. The lowest BCUT2D eigenvalue weighted by Crippen LogP contribution is -2.44. The lowest BCUT2D eigenvalue weighted by molar-refractivity contribution is -0.172. The van der Waals surface area contributed by atoms with Gasteiger partial charge in [0.25, 0.3) is 34.7 Å². The van der Waals surface area contributed by atoms with Crippen LogP contribution in [0, 0.1) is 47.3 Å². The number of imide groups is 2. The molecule has 10 aliphatic rings. The van der Waals surface area contributed by atoms with Gasteiger partial charge in [0.15, 0.2) is 11.2 Å². The third kappa shape index (κ3) is 20.3. The van der Waals surface area contributed by atoms with Crippen molar-refractivity contribution in [2.24, 2.45) is 47.3 Å². The summed E-state index contributed by atoms with van der Waals surface area (Å²) in [5, 5.41) is 30.0. The number of amides is 6. The number of hydrogen-bond donors (Lipinski definition) is 5. The second-order valence-corrected chi connectivity index (χ2v) is 37.8. The Morgan fingerprint density at radius 2 is 0.958 bits per heavy atom. The standard InChI is InChI=1S/C41H46N4O9P2S.C40H42N4O9.2C2H6.CH3F.CH6P2S/c1-2-41(52)30-15-32-35-27(19-44(32)37(48)29(30)20-53-40(41)51)13-26-14-28(11-12-31(26)43-35)54-39(50)25-9-3-22(4-10-25)17-42-36(47)24-7-5-23(6-8-24)18-45-34(46)16-33(38(45)49)57-21-56-55;1-2-40(51)30-17-32-35-27(20-43(32)37(48)29(30)21-52-39(40)50)15-26-16-28(11-12-31(26)42-35)53-38(49)25-9-3-22(4-10-25)18-41-36(47)24-7-5-23(6-8-24)19-44-33(45)13-14-34(44)46;3*1-2;2-3-1-4/h11-16,22-25,52,56H,2-10,17-21,55H2,1H3,(H,42,47);11-17,22-25,51H,2-10,18-21H2,1H3,(H,41,47);2*1-2H3;1H3;3-4H,1-2H2/t22?,23?,24?,25?,41-;22?,23?,24?,25?,40-;;;;/m00..../s1/i;;;;1D;. The highest BCUT2D eigenvalue weighted by atomic mass is 32.2. The first-order valence-corrected chi connectivity index (χ1v) is 49.2. The highest BCUT2D eigenvalue weighted by Crippen LogP contribution is 2.44. The van der Waals surface area contributed by atoms with E-state index in [1.54, 1.807) is 71.5 Å². The summed E-state index contributed by atoms with van der Waals surface area (Å²) in [5.41, 5.74) is 3.61. The van der Waals surface area contributed by atoms with Crippen LogP contribution in [0.1, 0.15) is 192 Å². The fourth-order valence-electron chi connectivity index (χ4n) is 17.7. The van der Waals surface area contributed by atoms with E-state index in [0.717, 1.165) is 118 Å². The Hall–Kier alpha value is -7.99. The van der Waals surface area contributed by atoms with E-state index in [1.807, 2.05) is 39.8 Å². The van der Waals surface area contributed by atoms with Gasteiger partial charge in [-0.2, -0.15) is 12.6 Å². The fraction of sp³-hybridized carbons (Fsp3) is 0.517. The molecule has 4 fully saturated rings. The summed E-state index contributed by atoms with van der Waals surface area (Å²) in [5.74, 6) is -1.70. The Labute approximate surface area is 716 Å². The van der Waals surface area contributed by atoms with Crippen molar-refractivity contribution >= 4 is 140 Å². The average Bonchev–Trinajstić information content (AvgIpc) is 1.64. The van der Waals surface area contributed by atoms with E-state index in [4.69, 9.17) is 30.3 Å². The number of thioether (sulfide) groups is 1. The molecule has 6 aromatic rings. The summed E-state index contributed by atoms with van der Waals surface area (Å²) in [6.45, 7) is 13.5. The van der Waals surface area contributed by atoms with Gasteiger partial charge in [-0.3, -0.25) is 62.1 Å². The first-order chi connectivity index (χ1) is 58.3. The van der Waals surface area contributed by atoms with Crippen LogP contribution in [-0.2, 0) is 94.9 Å². The van der Waals surface area contributed by atoms with Crippen LogP contribution in [0.2, 0.25) is 0 Å². The van der Waals surface area contributed by atoms with Crippen LogP contribution in [0.25, 0.3) is 44.6 Å². The lowest BCUT2D eigenvalue weighted by Gasteiger charge is -2.31. The third-order valence-electron chi connectivity index (χ3n) is 24.5. The number of halogens is 1. The topological polar surface area (TPSA) is 348 Å². The molecule has 4 saturated carbocycles. The van der Waals surface area contributed by atoms with Gasteiger partial charge in [-0.1, -0.05) is 58.1 Å². The summed E-state index contributed by atoms with van der Waals surface area (Å²) in [7, 11) is 5.81. The van der Waals surface area contributed by atoms with E-state index in [0.29, 0.717) is 116 Å². The first kappa shape index (κ1) is 91.2. The fourth-order valence-corrected chi connectivity index (χ4v) is 19.8. The first-order valence-electron chi connectivity index (χ1n) is 42.3. The second kappa shape index (κ2) is 41.9. The zero-order chi connectivity index (χ0) is 87.1. The second-order valence-electron chi connectivity index (χ2n) is 31.3. The van der Waals surface area contributed by atoms with Crippen molar-refractivity contribution in [3.05, 3.63) is 138 Å². The van der Waals surface area contributed by atoms with Crippen molar-refractivity contribution in [2.75, 3.05) is 44.3 Å². The number of alkyl halides is 1. The zero-order valence-electron chi connectivity index (χ0n) is 69.6. The number of esters is 4. The Bertz CT molecular complexity index is 5100. The van der Waals surface area contributed by atoms with Crippen LogP contribution in [0.5, 0.6) is 11.5 Å². The van der Waals surface area contributed by atoms with Gasteiger partial charge in [-0.15, -0.1) is 29.6 Å². The molecule has 0 saturated heterocycles. The molecule has 0 radical (unpaired) electrons. The summed E-state index contributed by atoms with van der Waals surface area (Å²) in [4.78, 5) is 166. The predicted octanol–water partition coefficient (Wildman–Crippen LogP) is 12.7. The van der Waals surface area contributed by atoms with Gasteiger partial charge in [0, 0.05) is 100 Å². The van der Waals surface area contributed by atoms with Crippen molar-refractivity contribution in [3.8, 4) is 34.3 Å². The molecule has 4 aliphatic carbocycles. The van der Waals surface area contributed by atoms with E-state index in [-0.39, 0.29) is 161 Å². The maximum Gasteiger partial charge on any atom is 0.343 e. The minimum atomic E-state index is -1.89. The number of benzene rings is 2. The highest BCUT2D eigenvalue weighted by molar-refractivity contribution is 8.16. The summed E-state index contributed by atoms with van der Waals surface area (Å²) >= 11 is 5.34. The van der Waals surface area contributed by atoms with Gasteiger partial charge in [0.2, 0.25) is 11.8 Å². The number of carbonyl (C=O) groups excluding carboxylic acids is 10. The van der Waals surface area contributed by atoms with E-state index in [9.17, 15) is 72.1 Å². The molecule has 2 aromatic carbocycles. The quantitative estimate of drug-likeness (QED) is 0.0156. The average molecular weight is 1760 g/mol. The Balaban J connectivity index is 0.000000212. The lowest BCUT2D eigenvalue weighted by atomic mass is 9.80. The SMILES string of the molecule is CC.CC.CC[C@@]1(O)C(=O)OCc2c1cc1n(c2=O)Cc2cc3cc(OC(=O)C4CCC(CNC(=O)C5CCC(CN6C(=O)C=C(SCPP)C6=O)CC5)CC4)ccc3nc2-1.CC[C@@]1(O)C(=O)OCc2c1cc1n(c2=O)Cc2cc3cc(OC(=O)C4CCC(CNC(=O)C5CCC(CN6C(=O)C=CC6=O)CC5)CC4)ccc3nc2-1.PPCS.[2H]CF. The number of aliphatic hydroxyl groups is 2. The number of rotatable bonds is 20. The van der Waals surface area contributed by atoms with Gasteiger partial charge in [-0.25, -0.2) is 19.6 Å². The minimum Gasteiger partial charge on any atom is -0.458 e. The summed E-state index contributed by atoms with van der Waals surface area (Å²) in [6.07, 6.45) is 16.3. The van der Waals surface area contributed by atoms with Gasteiger partial charge in [0.1, 0.15) is 24.7 Å². The number of nitrogens with one attached hydrogen (secondary N) is 2. The number of aromatic nitrogens is 4. The predicted molar refractivity (Wildman–Crippen MR) is 471 cm³/mol. The third-order valence-corrected chi connectivity index (χ3v) is 30.2. The molecule has 33 heteroatoms. The molecule has 0 bridgehead atoms. The molecular formula is C87H109FN8O18P4S2. The molecule has 4 aromatic heterocycles. The zero-order valence-corrected chi connectivity index (χ0v) is 74.6. The number of ether oxygens (including phenoxy) is 4. The molecule has 10 heterocycles. The number of hydrogen-bond acceptors (Lipinski definition) is 22. The minimum absolute atomic E-state index is 0.0567. The van der Waals surface area contributed by atoms with Gasteiger partial charge in [0.05, 0.1) is 83.3 Å². The van der Waals surface area contributed by atoms with Crippen LogP contribution >= 0.6 is 58.8 Å². The molecule has 120 heavy (non-hydrogen) atoms. The van der Waals surface area contributed by atoms with Crippen LogP contribution in [0.15, 0.2) is 93.4 Å². The van der Waals surface area contributed by atoms with Gasteiger partial charge in [-0.05, 0) is 200 Å². The van der Waals surface area contributed by atoms with E-state index < -0.39 is 30.3 Å². The van der Waals surface area contributed by atoms with Crippen molar-refractivity contribution in [2.45, 2.75) is 195 Å². The van der Waals surface area contributed by atoms with Crippen LogP contribution in [-0.4, -0.2) is 143 Å². The van der Waals surface area contributed by atoms with E-state index >= 15 is 0 Å². The number of fused-ring (bicyclic) bond motifs is 10. The highest BCUT2D eigenvalue weighted by Gasteiger charge is 2.48. The molecule has 16 rings (SSSR count). The van der Waals surface area contributed by atoms with Crippen LogP contribution < -0.4 is 31.2 Å². The molecule has 26 nitrogen and oxygen atoms in total. The molecule has 4 N–H and O–H groups in total. The smallest absolute Gasteiger partial charge is 0.343 e. The molecule has 0 spiro atoms. The molecular weight excluding hydrogens is 1650 g/mol. The monoisotopic (exact) mass is 1760 g/mol. The molecule has 644 valence electrons. The number of nitrogens with zero attached hydrogens (tertiary/aromatic N) is 6. The van der Waals surface area contributed by atoms with Crippen molar-refractivity contribution in [1.82, 2.24) is 39.5 Å². The number of thiol groups is 1. The molecule has 6 aliphatic heterocycles. The Morgan fingerprint density at radius 1 is 0.575 bits per heavy atom. The normalized spacial score (nSPS) is 24.4. The maximum absolute atomic E-state index is 13.5.